The van der Waals surface area contributed by atoms with Crippen LogP contribution >= 0.6 is 22.6 Å². The number of ether oxygens (including phenoxy) is 2. The summed E-state index contributed by atoms with van der Waals surface area (Å²) in [6, 6.07) is 8.61. The predicted octanol–water partition coefficient (Wildman–Crippen LogP) is 5.25. The van der Waals surface area contributed by atoms with E-state index in [0.29, 0.717) is 6.61 Å². The van der Waals surface area contributed by atoms with Crippen LogP contribution in [0.2, 0.25) is 0 Å². The van der Waals surface area contributed by atoms with Crippen molar-refractivity contribution in [2.75, 3.05) is 6.61 Å². The van der Waals surface area contributed by atoms with Crippen molar-refractivity contribution in [2.45, 2.75) is 70.2 Å². The van der Waals surface area contributed by atoms with E-state index in [0.717, 1.165) is 12.8 Å². The fraction of sp³-hybridized carbons (Fsp3) is 0.571. The third-order valence-electron chi connectivity index (χ3n) is 4.95. The first-order valence-corrected chi connectivity index (χ1v) is 10.2. The Morgan fingerprint density at radius 2 is 1.88 bits per heavy atom. The molecule has 1 saturated carbocycles. The fourth-order valence-corrected chi connectivity index (χ4v) is 3.76. The van der Waals surface area contributed by atoms with E-state index in [2.05, 4.69) is 59.0 Å². The maximum absolute atomic E-state index is 12.7. The van der Waals surface area contributed by atoms with Crippen molar-refractivity contribution < 1.29 is 14.3 Å². The van der Waals surface area contributed by atoms with Crippen molar-refractivity contribution >= 4 is 28.7 Å². The largest absolute Gasteiger partial charge is 0.444 e. The second-order valence-corrected chi connectivity index (χ2v) is 9.94. The van der Waals surface area contributed by atoms with Crippen LogP contribution in [0, 0.1) is 3.57 Å². The molecule has 0 N–H and O–H groups in total. The fourth-order valence-electron chi connectivity index (χ4n) is 3.40. The average molecular weight is 469 g/mol. The maximum Gasteiger partial charge on any atom is 0.413 e. The third kappa shape index (κ3) is 4.25. The van der Waals surface area contributed by atoms with Crippen LogP contribution in [0.15, 0.2) is 36.4 Å². The second kappa shape index (κ2) is 6.82. The molecule has 0 bridgehead atoms. The quantitative estimate of drug-likeness (QED) is 0.449. The molecule has 1 aromatic rings. The molecule has 1 aromatic carbocycles. The number of rotatable bonds is 3. The van der Waals surface area contributed by atoms with E-state index in [1.54, 1.807) is 4.90 Å². The number of allylic oxidation sites excluding steroid dienone is 1. The normalized spacial score (nSPS) is 24.1. The number of nitrogens with zero attached hydrogens (tertiary/aromatic N) is 1. The second-order valence-electron chi connectivity index (χ2n) is 8.70. The van der Waals surface area contributed by atoms with E-state index in [4.69, 9.17) is 9.47 Å². The lowest BCUT2D eigenvalue weighted by Crippen LogP contribution is -2.49. The molecule has 1 atom stereocenters. The van der Waals surface area contributed by atoms with Crippen LogP contribution in [0.3, 0.4) is 0 Å². The van der Waals surface area contributed by atoms with Gasteiger partial charge in [0.05, 0.1) is 12.6 Å². The first-order valence-electron chi connectivity index (χ1n) is 9.14. The zero-order valence-corrected chi connectivity index (χ0v) is 18.4. The highest BCUT2D eigenvalue weighted by molar-refractivity contribution is 14.1. The van der Waals surface area contributed by atoms with Crippen LogP contribution in [0.5, 0.6) is 0 Å². The Hall–Kier alpha value is -1.08. The lowest BCUT2D eigenvalue weighted by molar-refractivity contribution is -0.0610. The molecule has 1 aliphatic heterocycles. The van der Waals surface area contributed by atoms with E-state index in [-0.39, 0.29) is 17.6 Å². The van der Waals surface area contributed by atoms with Crippen molar-refractivity contribution in [2.24, 2.45) is 0 Å². The molecule has 1 aliphatic carbocycles. The summed E-state index contributed by atoms with van der Waals surface area (Å²) in [7, 11) is 0. The smallest absolute Gasteiger partial charge is 0.413 e. The van der Waals surface area contributed by atoms with Gasteiger partial charge in [-0.05, 0) is 87.7 Å². The monoisotopic (exact) mass is 469 g/mol. The molecule has 2 fully saturated rings. The van der Waals surface area contributed by atoms with E-state index in [1.165, 1.54) is 9.13 Å². The Morgan fingerprint density at radius 3 is 2.42 bits per heavy atom. The minimum atomic E-state index is -0.670. The molecule has 0 aromatic heterocycles. The number of benzene rings is 1. The van der Waals surface area contributed by atoms with Crippen molar-refractivity contribution in [1.82, 2.24) is 4.90 Å². The van der Waals surface area contributed by atoms with Crippen LogP contribution in [-0.4, -0.2) is 35.0 Å². The zero-order chi connectivity index (χ0) is 19.2. The highest BCUT2D eigenvalue weighted by Crippen LogP contribution is 2.50. The molecule has 1 saturated heterocycles. The Labute approximate surface area is 170 Å². The summed E-state index contributed by atoms with van der Waals surface area (Å²) in [4.78, 5) is 14.4. The lowest BCUT2D eigenvalue weighted by Gasteiger charge is -2.34. The maximum atomic E-state index is 12.7. The molecular formula is C21H28INO3. The van der Waals surface area contributed by atoms with E-state index < -0.39 is 11.3 Å². The summed E-state index contributed by atoms with van der Waals surface area (Å²) >= 11 is 2.33. The third-order valence-corrected chi connectivity index (χ3v) is 5.67. The van der Waals surface area contributed by atoms with Crippen molar-refractivity contribution in [3.63, 3.8) is 0 Å². The number of halogens is 1. The predicted molar refractivity (Wildman–Crippen MR) is 111 cm³/mol. The van der Waals surface area contributed by atoms with Crippen molar-refractivity contribution in [1.29, 1.82) is 0 Å². The van der Waals surface area contributed by atoms with Gasteiger partial charge in [0.15, 0.2) is 0 Å². The molecule has 1 heterocycles. The van der Waals surface area contributed by atoms with Crippen LogP contribution in [0.1, 0.15) is 53.0 Å². The van der Waals surface area contributed by atoms with E-state index in [1.807, 2.05) is 34.6 Å². The summed E-state index contributed by atoms with van der Waals surface area (Å²) in [6.07, 6.45) is 6.36. The van der Waals surface area contributed by atoms with Crippen LogP contribution in [-0.2, 0) is 14.9 Å². The summed E-state index contributed by atoms with van der Waals surface area (Å²) in [6.45, 7) is 9.97. The SMILES string of the molecule is CC(C)(C)OC(=O)N1[C@@H](/C=C/C2(c3ccc(I)cc3)CC2)COC1(C)C. The molecule has 3 rings (SSSR count). The van der Waals surface area contributed by atoms with Crippen LogP contribution in [0.25, 0.3) is 0 Å². The van der Waals surface area contributed by atoms with Crippen LogP contribution < -0.4 is 0 Å². The van der Waals surface area contributed by atoms with Gasteiger partial charge in [0.1, 0.15) is 11.3 Å². The van der Waals surface area contributed by atoms with E-state index >= 15 is 0 Å². The first kappa shape index (κ1) is 19.7. The highest BCUT2D eigenvalue weighted by atomic mass is 127. The van der Waals surface area contributed by atoms with Gasteiger partial charge in [-0.25, -0.2) is 4.79 Å². The molecule has 1 amide bonds. The molecule has 0 unspecified atom stereocenters. The van der Waals surface area contributed by atoms with Gasteiger partial charge in [-0.15, -0.1) is 0 Å². The van der Waals surface area contributed by atoms with Gasteiger partial charge in [0.2, 0.25) is 0 Å². The Balaban J connectivity index is 1.78. The van der Waals surface area contributed by atoms with E-state index in [9.17, 15) is 4.79 Å². The average Bonchev–Trinajstić information content (AvgIpc) is 3.23. The van der Waals surface area contributed by atoms with Crippen molar-refractivity contribution in [3.8, 4) is 0 Å². The minimum absolute atomic E-state index is 0.108. The lowest BCUT2D eigenvalue weighted by atomic mass is 9.95. The Bertz CT molecular complexity index is 699. The number of carbonyl (C=O) groups is 1. The van der Waals surface area contributed by atoms with Gasteiger partial charge in [-0.2, -0.15) is 0 Å². The van der Waals surface area contributed by atoms with Gasteiger partial charge >= 0.3 is 6.09 Å². The Morgan fingerprint density at radius 1 is 1.27 bits per heavy atom. The van der Waals surface area contributed by atoms with Crippen LogP contribution in [0.4, 0.5) is 4.79 Å². The molecule has 0 spiro atoms. The number of hydrogen-bond acceptors (Lipinski definition) is 3. The number of hydrogen-bond donors (Lipinski definition) is 0. The summed E-state index contributed by atoms with van der Waals surface area (Å²) in [5.74, 6) is 0. The first-order chi connectivity index (χ1) is 12.0. The summed E-state index contributed by atoms with van der Waals surface area (Å²) < 4.78 is 12.7. The molecule has 26 heavy (non-hydrogen) atoms. The van der Waals surface area contributed by atoms with Gasteiger partial charge in [0, 0.05) is 8.99 Å². The molecule has 4 nitrogen and oxygen atoms in total. The molecule has 142 valence electrons. The van der Waals surface area contributed by atoms with Gasteiger partial charge in [0.25, 0.3) is 0 Å². The molecular weight excluding hydrogens is 441 g/mol. The zero-order valence-electron chi connectivity index (χ0n) is 16.2. The Kier molecular flexibility index (Phi) is 5.16. The minimum Gasteiger partial charge on any atom is -0.444 e. The molecule has 2 aliphatic rings. The topological polar surface area (TPSA) is 38.8 Å². The number of amides is 1. The summed E-state index contributed by atoms with van der Waals surface area (Å²) in [5, 5.41) is 0. The summed E-state index contributed by atoms with van der Waals surface area (Å²) in [5.41, 5.74) is 0.257. The molecule has 5 heteroatoms. The molecule has 0 radical (unpaired) electrons. The van der Waals surface area contributed by atoms with Gasteiger partial charge in [-0.3, -0.25) is 4.90 Å². The highest BCUT2D eigenvalue weighted by Gasteiger charge is 2.46. The van der Waals surface area contributed by atoms with Gasteiger partial charge < -0.3 is 9.47 Å². The standard InChI is InChI=1S/C21H28INO3/c1-19(2,3)26-18(24)23-17(14-25-20(23,4)5)10-11-21(12-13-21)15-6-8-16(22)9-7-15/h6-11,17H,12-14H2,1-5H3/b11-10+/t17-/m0/s1. The van der Waals surface area contributed by atoms with Crippen molar-refractivity contribution in [3.05, 3.63) is 45.6 Å². The number of carbonyl (C=O) groups excluding carboxylic acids is 1. The van der Waals surface area contributed by atoms with Gasteiger partial charge in [-0.1, -0.05) is 24.3 Å².